The number of rotatable bonds is 6. The van der Waals surface area contributed by atoms with E-state index in [1.54, 1.807) is 6.33 Å². The summed E-state index contributed by atoms with van der Waals surface area (Å²) in [5.41, 5.74) is 3.55. The lowest BCUT2D eigenvalue weighted by atomic mass is 10.1. The van der Waals surface area contributed by atoms with Crippen molar-refractivity contribution in [1.82, 2.24) is 25.0 Å². The summed E-state index contributed by atoms with van der Waals surface area (Å²) < 4.78 is 1.97. The summed E-state index contributed by atoms with van der Waals surface area (Å²) in [7, 11) is 2.04. The Bertz CT molecular complexity index is 873. The first kappa shape index (κ1) is 21.9. The van der Waals surface area contributed by atoms with Gasteiger partial charge in [0.1, 0.15) is 12.9 Å². The second-order valence-corrected chi connectivity index (χ2v) is 6.46. The molecule has 0 spiro atoms. The van der Waals surface area contributed by atoms with Crippen LogP contribution in [0.1, 0.15) is 23.9 Å². The molecule has 0 atom stereocenters. The predicted octanol–water partition coefficient (Wildman–Crippen LogP) is 3.79. The first-order valence-electron chi connectivity index (χ1n) is 9.16. The predicted molar refractivity (Wildman–Crippen MR) is 124 cm³/mol. The molecule has 0 aliphatic carbocycles. The van der Waals surface area contributed by atoms with Crippen molar-refractivity contribution in [3.8, 4) is 5.69 Å². The van der Waals surface area contributed by atoms with Crippen LogP contribution in [0.2, 0.25) is 0 Å². The van der Waals surface area contributed by atoms with Gasteiger partial charge in [0.15, 0.2) is 11.8 Å². The molecule has 2 aromatic carbocycles. The van der Waals surface area contributed by atoms with Gasteiger partial charge in [-0.3, -0.25) is 4.57 Å². The molecule has 6 nitrogen and oxygen atoms in total. The number of hydrogen-bond donors (Lipinski definition) is 1. The summed E-state index contributed by atoms with van der Waals surface area (Å²) in [6, 6.07) is 18.6. The summed E-state index contributed by atoms with van der Waals surface area (Å²) in [5.74, 6) is 1.65. The second-order valence-electron chi connectivity index (χ2n) is 6.46. The molecule has 1 heterocycles. The van der Waals surface area contributed by atoms with Crippen molar-refractivity contribution >= 4 is 29.9 Å². The van der Waals surface area contributed by atoms with Crippen molar-refractivity contribution in [3.05, 3.63) is 77.9 Å². The van der Waals surface area contributed by atoms with Gasteiger partial charge in [-0.05, 0) is 31.5 Å². The molecular formula is C21H27IN6. The molecule has 0 bridgehead atoms. The molecule has 28 heavy (non-hydrogen) atoms. The molecule has 148 valence electrons. The third-order valence-corrected chi connectivity index (χ3v) is 4.26. The highest BCUT2D eigenvalue weighted by atomic mass is 127. The van der Waals surface area contributed by atoms with Gasteiger partial charge in [0.2, 0.25) is 0 Å². The van der Waals surface area contributed by atoms with Crippen LogP contribution < -0.4 is 5.32 Å². The van der Waals surface area contributed by atoms with E-state index in [1.807, 2.05) is 41.9 Å². The van der Waals surface area contributed by atoms with Crippen LogP contribution in [0.3, 0.4) is 0 Å². The zero-order valence-electron chi connectivity index (χ0n) is 16.5. The molecule has 3 rings (SSSR count). The standard InChI is InChI=1S/C21H26N6.HI/c1-4-22-21(26(3)15-18-12-10-17(2)11-13-18)23-14-20-25-24-16-27(20)19-8-6-5-7-9-19;/h5-13,16H,4,14-15H2,1-3H3,(H,22,23);1H. The van der Waals surface area contributed by atoms with Crippen molar-refractivity contribution in [1.29, 1.82) is 0 Å². The van der Waals surface area contributed by atoms with Gasteiger partial charge in [0, 0.05) is 25.8 Å². The molecule has 7 heteroatoms. The largest absolute Gasteiger partial charge is 0.357 e. The molecule has 0 fully saturated rings. The summed E-state index contributed by atoms with van der Waals surface area (Å²) in [5, 5.41) is 11.6. The fraction of sp³-hybridized carbons (Fsp3) is 0.286. The number of para-hydroxylation sites is 1. The monoisotopic (exact) mass is 490 g/mol. The van der Waals surface area contributed by atoms with Gasteiger partial charge in [-0.25, -0.2) is 4.99 Å². The third-order valence-electron chi connectivity index (χ3n) is 4.26. The molecule has 0 radical (unpaired) electrons. The van der Waals surface area contributed by atoms with Crippen LogP contribution in [0.15, 0.2) is 65.9 Å². The third kappa shape index (κ3) is 5.79. The minimum atomic E-state index is 0. The molecule has 0 saturated heterocycles. The van der Waals surface area contributed by atoms with Crippen LogP contribution in [0.4, 0.5) is 0 Å². The Hall–Kier alpha value is -2.42. The number of guanidine groups is 1. The lowest BCUT2D eigenvalue weighted by Crippen LogP contribution is -2.38. The Morgan fingerprint density at radius 1 is 1.11 bits per heavy atom. The number of halogens is 1. The minimum absolute atomic E-state index is 0. The summed E-state index contributed by atoms with van der Waals surface area (Å²) >= 11 is 0. The van der Waals surface area contributed by atoms with Gasteiger partial charge in [0.25, 0.3) is 0 Å². The molecule has 0 unspecified atom stereocenters. The van der Waals surface area contributed by atoms with E-state index >= 15 is 0 Å². The van der Waals surface area contributed by atoms with Crippen LogP contribution in [-0.2, 0) is 13.1 Å². The highest BCUT2D eigenvalue weighted by Crippen LogP contribution is 2.10. The van der Waals surface area contributed by atoms with Crippen molar-refractivity contribution in [3.63, 3.8) is 0 Å². The molecule has 1 N–H and O–H groups in total. The second kappa shape index (κ2) is 10.8. The highest BCUT2D eigenvalue weighted by molar-refractivity contribution is 14.0. The summed E-state index contributed by atoms with van der Waals surface area (Å²) in [4.78, 5) is 6.89. The maximum atomic E-state index is 4.76. The average Bonchev–Trinajstić information content (AvgIpc) is 3.16. The topological polar surface area (TPSA) is 58.3 Å². The average molecular weight is 490 g/mol. The number of hydrogen-bond acceptors (Lipinski definition) is 3. The van der Waals surface area contributed by atoms with Gasteiger partial charge < -0.3 is 10.2 Å². The summed E-state index contributed by atoms with van der Waals surface area (Å²) in [6.07, 6.45) is 1.73. The van der Waals surface area contributed by atoms with Gasteiger partial charge in [0.05, 0.1) is 0 Å². The van der Waals surface area contributed by atoms with Gasteiger partial charge in [-0.1, -0.05) is 48.0 Å². The van der Waals surface area contributed by atoms with E-state index in [9.17, 15) is 0 Å². The van der Waals surface area contributed by atoms with E-state index < -0.39 is 0 Å². The molecule has 1 aromatic heterocycles. The number of aliphatic imine (C=N–C) groups is 1. The Morgan fingerprint density at radius 2 is 1.82 bits per heavy atom. The smallest absolute Gasteiger partial charge is 0.194 e. The molecule has 0 aliphatic heterocycles. The number of nitrogens with zero attached hydrogens (tertiary/aromatic N) is 5. The SMILES string of the molecule is CCNC(=NCc1nncn1-c1ccccc1)N(C)Cc1ccc(C)cc1.I. The van der Waals surface area contributed by atoms with Crippen LogP contribution >= 0.6 is 24.0 Å². The van der Waals surface area contributed by atoms with E-state index in [0.717, 1.165) is 30.6 Å². The van der Waals surface area contributed by atoms with Gasteiger partial charge >= 0.3 is 0 Å². The maximum absolute atomic E-state index is 4.76. The summed E-state index contributed by atoms with van der Waals surface area (Å²) in [6.45, 7) is 6.22. The quantitative estimate of drug-likeness (QED) is 0.325. The molecule has 3 aromatic rings. The fourth-order valence-electron chi connectivity index (χ4n) is 2.83. The molecular weight excluding hydrogens is 463 g/mol. The maximum Gasteiger partial charge on any atom is 0.194 e. The van der Waals surface area contributed by atoms with E-state index in [0.29, 0.717) is 6.54 Å². The lowest BCUT2D eigenvalue weighted by Gasteiger charge is -2.22. The van der Waals surface area contributed by atoms with Crippen molar-refractivity contribution < 1.29 is 0 Å². The number of nitrogens with one attached hydrogen (secondary N) is 1. The number of aryl methyl sites for hydroxylation is 1. The first-order chi connectivity index (χ1) is 13.2. The van der Waals surface area contributed by atoms with Crippen LogP contribution in [0.25, 0.3) is 5.69 Å². The van der Waals surface area contributed by atoms with Crippen LogP contribution in [0.5, 0.6) is 0 Å². The van der Waals surface area contributed by atoms with E-state index in [1.165, 1.54) is 11.1 Å². The van der Waals surface area contributed by atoms with E-state index in [-0.39, 0.29) is 24.0 Å². The molecule has 0 saturated carbocycles. The lowest BCUT2D eigenvalue weighted by molar-refractivity contribution is 0.476. The van der Waals surface area contributed by atoms with Crippen LogP contribution in [0, 0.1) is 6.92 Å². The minimum Gasteiger partial charge on any atom is -0.357 e. The molecule has 0 amide bonds. The van der Waals surface area contributed by atoms with Gasteiger partial charge in [-0.15, -0.1) is 34.2 Å². The number of aromatic nitrogens is 3. The normalized spacial score (nSPS) is 11.0. The van der Waals surface area contributed by atoms with E-state index in [2.05, 4.69) is 58.5 Å². The Morgan fingerprint density at radius 3 is 2.50 bits per heavy atom. The fourth-order valence-corrected chi connectivity index (χ4v) is 2.83. The Labute approximate surface area is 183 Å². The Balaban J connectivity index is 0.00000280. The van der Waals surface area contributed by atoms with Gasteiger partial charge in [-0.2, -0.15) is 0 Å². The van der Waals surface area contributed by atoms with Crippen molar-refractivity contribution in [2.75, 3.05) is 13.6 Å². The zero-order valence-corrected chi connectivity index (χ0v) is 18.9. The Kier molecular flexibility index (Phi) is 8.43. The number of benzene rings is 2. The van der Waals surface area contributed by atoms with Crippen molar-refractivity contribution in [2.45, 2.75) is 26.9 Å². The highest BCUT2D eigenvalue weighted by Gasteiger charge is 2.09. The first-order valence-corrected chi connectivity index (χ1v) is 9.16. The van der Waals surface area contributed by atoms with Crippen LogP contribution in [-0.4, -0.2) is 39.2 Å². The van der Waals surface area contributed by atoms with E-state index in [4.69, 9.17) is 4.99 Å². The van der Waals surface area contributed by atoms with Crippen molar-refractivity contribution in [2.24, 2.45) is 4.99 Å². The molecule has 0 aliphatic rings. The zero-order chi connectivity index (χ0) is 19.1.